The van der Waals surface area contributed by atoms with Gasteiger partial charge in [-0.2, -0.15) is 0 Å². The number of aryl methyl sites for hydroxylation is 2. The van der Waals surface area contributed by atoms with E-state index in [1.54, 1.807) is 30.2 Å². The summed E-state index contributed by atoms with van der Waals surface area (Å²) >= 11 is 0. The largest absolute Gasteiger partial charge is 0.368 e. The van der Waals surface area contributed by atoms with Crippen molar-refractivity contribution in [1.82, 2.24) is 24.8 Å². The smallest absolute Gasteiger partial charge is 0.256 e. The number of nitrogens with zero attached hydrogens (tertiary/aromatic N) is 5. The number of pyridine rings is 1. The first-order valence-corrected chi connectivity index (χ1v) is 13.7. The third-order valence-corrected chi connectivity index (χ3v) is 6.78. The molecule has 4 rings (SSSR count). The summed E-state index contributed by atoms with van der Waals surface area (Å²) in [5, 5.41) is 0. The number of hydrogen-bond acceptors (Lipinski definition) is 7. The summed E-state index contributed by atoms with van der Waals surface area (Å²) in [6.07, 6.45) is 3.68. The standard InChI is InChI=1S/C27H30FN7O2S/c1-5-23-21(8-6-18-14-24(33-38(4)37)17(2)30-16-18)25(32-27(29)31-23)19-7-9-20(22(28)15-19)26(36)35-12-10-34(3)11-13-35/h7,9,14-16,33H,5,10-13H2,1-4H3,(H2,29,31,32). The van der Waals surface area contributed by atoms with E-state index in [9.17, 15) is 9.00 Å². The van der Waals surface area contributed by atoms with Crippen LogP contribution in [0.1, 0.15) is 39.8 Å². The molecule has 1 atom stereocenters. The molecule has 0 spiro atoms. The van der Waals surface area contributed by atoms with E-state index in [-0.39, 0.29) is 17.4 Å². The zero-order chi connectivity index (χ0) is 27.4. The van der Waals surface area contributed by atoms with Crippen molar-refractivity contribution >= 4 is 28.5 Å². The monoisotopic (exact) mass is 535 g/mol. The minimum Gasteiger partial charge on any atom is -0.368 e. The molecule has 1 fully saturated rings. The van der Waals surface area contributed by atoms with Gasteiger partial charge in [0, 0.05) is 49.8 Å². The Hall–Kier alpha value is -3.88. The lowest BCUT2D eigenvalue weighted by Crippen LogP contribution is -2.47. The van der Waals surface area contributed by atoms with Crippen LogP contribution in [0.3, 0.4) is 0 Å². The Morgan fingerprint density at radius 2 is 1.92 bits per heavy atom. The Labute approximate surface area is 224 Å². The number of aromatic nitrogens is 3. The second-order valence-corrected chi connectivity index (χ2v) is 10.2. The first-order chi connectivity index (χ1) is 18.2. The lowest BCUT2D eigenvalue weighted by Gasteiger charge is -2.32. The van der Waals surface area contributed by atoms with E-state index in [4.69, 9.17) is 5.73 Å². The summed E-state index contributed by atoms with van der Waals surface area (Å²) in [6.45, 7) is 6.33. The highest BCUT2D eigenvalue weighted by Gasteiger charge is 2.24. The van der Waals surface area contributed by atoms with Gasteiger partial charge in [-0.1, -0.05) is 24.8 Å². The van der Waals surface area contributed by atoms with Crippen molar-refractivity contribution in [2.75, 3.05) is 49.9 Å². The first kappa shape index (κ1) is 27.2. The highest BCUT2D eigenvalue weighted by Crippen LogP contribution is 2.27. The topological polar surface area (TPSA) is 117 Å². The molecule has 0 saturated carbocycles. The summed E-state index contributed by atoms with van der Waals surface area (Å²) in [5.41, 5.74) is 9.84. The van der Waals surface area contributed by atoms with Gasteiger partial charge in [0.15, 0.2) is 0 Å². The second kappa shape index (κ2) is 11.7. The van der Waals surface area contributed by atoms with Crippen molar-refractivity contribution in [3.63, 3.8) is 0 Å². The molecule has 1 unspecified atom stereocenters. The maximum absolute atomic E-state index is 15.3. The molecule has 3 heterocycles. The van der Waals surface area contributed by atoms with E-state index >= 15 is 4.39 Å². The predicted octanol–water partition coefficient (Wildman–Crippen LogP) is 2.62. The number of nitrogen functional groups attached to an aromatic ring is 1. The first-order valence-electron chi connectivity index (χ1n) is 12.2. The number of benzene rings is 1. The Kier molecular flexibility index (Phi) is 8.34. The molecule has 1 amide bonds. The lowest BCUT2D eigenvalue weighted by molar-refractivity contribution is 0.0659. The average Bonchev–Trinajstić information content (AvgIpc) is 2.88. The number of carbonyl (C=O) groups excluding carboxylic acids is 1. The van der Waals surface area contributed by atoms with Gasteiger partial charge in [0.2, 0.25) is 5.95 Å². The Balaban J connectivity index is 1.72. The predicted molar refractivity (Wildman–Crippen MR) is 147 cm³/mol. The molecule has 1 aliphatic heterocycles. The summed E-state index contributed by atoms with van der Waals surface area (Å²) < 4.78 is 29.7. The zero-order valence-electron chi connectivity index (χ0n) is 21.8. The average molecular weight is 536 g/mol. The molecule has 1 saturated heterocycles. The van der Waals surface area contributed by atoms with Crippen molar-refractivity contribution in [3.8, 4) is 23.1 Å². The SMILES string of the molecule is CCc1nc(N)nc(-c2ccc(C(=O)N3CCN(C)CC3)c(F)c2)c1C#Cc1cnc(C)c(NS(C)=O)c1. The number of carbonyl (C=O) groups is 1. The van der Waals surface area contributed by atoms with Gasteiger partial charge in [-0.05, 0) is 38.6 Å². The molecular formula is C27H30FN7O2S. The minimum atomic E-state index is -1.26. The molecule has 11 heteroatoms. The number of nitrogens with two attached hydrogens (primary N) is 1. The van der Waals surface area contributed by atoms with Crippen LogP contribution in [-0.2, 0) is 17.4 Å². The molecule has 1 aromatic carbocycles. The third-order valence-electron chi connectivity index (χ3n) is 6.27. The van der Waals surface area contributed by atoms with Crippen LogP contribution in [0.2, 0.25) is 0 Å². The van der Waals surface area contributed by atoms with Crippen LogP contribution in [-0.4, -0.2) is 74.4 Å². The summed E-state index contributed by atoms with van der Waals surface area (Å²) in [7, 11) is 0.735. The second-order valence-electron chi connectivity index (χ2n) is 9.06. The van der Waals surface area contributed by atoms with E-state index in [2.05, 4.69) is 36.4 Å². The van der Waals surface area contributed by atoms with Crippen LogP contribution in [0.15, 0.2) is 30.5 Å². The number of piperazine rings is 1. The van der Waals surface area contributed by atoms with Gasteiger partial charge in [-0.25, -0.2) is 18.6 Å². The van der Waals surface area contributed by atoms with Gasteiger partial charge in [-0.15, -0.1) is 0 Å². The fourth-order valence-corrected chi connectivity index (χ4v) is 4.65. The minimum absolute atomic E-state index is 0.0164. The van der Waals surface area contributed by atoms with Gasteiger partial charge in [-0.3, -0.25) is 9.78 Å². The van der Waals surface area contributed by atoms with Crippen molar-refractivity contribution in [3.05, 3.63) is 64.4 Å². The number of amides is 1. The van der Waals surface area contributed by atoms with Crippen LogP contribution < -0.4 is 10.5 Å². The summed E-state index contributed by atoms with van der Waals surface area (Å²) in [5.74, 6) is 5.26. The van der Waals surface area contributed by atoms with Gasteiger partial charge >= 0.3 is 0 Å². The third kappa shape index (κ3) is 6.15. The van der Waals surface area contributed by atoms with E-state index in [1.807, 2.05) is 14.0 Å². The van der Waals surface area contributed by atoms with E-state index in [0.29, 0.717) is 59.0 Å². The number of halogens is 1. The van der Waals surface area contributed by atoms with E-state index in [0.717, 1.165) is 13.1 Å². The number of nitrogens with one attached hydrogen (secondary N) is 1. The highest BCUT2D eigenvalue weighted by atomic mass is 32.2. The number of rotatable bonds is 5. The van der Waals surface area contributed by atoms with Crippen molar-refractivity contribution in [1.29, 1.82) is 0 Å². The maximum atomic E-state index is 15.3. The Morgan fingerprint density at radius 1 is 1.18 bits per heavy atom. The van der Waals surface area contributed by atoms with Crippen molar-refractivity contribution < 1.29 is 13.4 Å². The van der Waals surface area contributed by atoms with Gasteiger partial charge in [0.05, 0.1) is 33.9 Å². The summed E-state index contributed by atoms with van der Waals surface area (Å²) in [4.78, 5) is 29.8. The molecule has 1 aliphatic rings. The number of likely N-dealkylation sites (N-methyl/N-ethyl adjacent to an activating group) is 1. The molecule has 0 bridgehead atoms. The van der Waals surface area contributed by atoms with Crippen LogP contribution in [0.5, 0.6) is 0 Å². The lowest BCUT2D eigenvalue weighted by atomic mass is 10.0. The molecule has 3 N–H and O–H groups in total. The summed E-state index contributed by atoms with van der Waals surface area (Å²) in [6, 6.07) is 6.20. The fraction of sp³-hybridized carbons (Fsp3) is 0.333. The number of hydrogen-bond donors (Lipinski definition) is 2. The molecular weight excluding hydrogens is 505 g/mol. The van der Waals surface area contributed by atoms with Gasteiger partial charge in [0.1, 0.15) is 16.8 Å². The molecule has 0 aliphatic carbocycles. The molecule has 0 radical (unpaired) electrons. The molecule has 3 aromatic rings. The van der Waals surface area contributed by atoms with Gasteiger partial charge < -0.3 is 20.3 Å². The highest BCUT2D eigenvalue weighted by molar-refractivity contribution is 7.85. The van der Waals surface area contributed by atoms with Crippen molar-refractivity contribution in [2.24, 2.45) is 0 Å². The quantitative estimate of drug-likeness (QED) is 0.483. The zero-order valence-corrected chi connectivity index (χ0v) is 22.7. The fourth-order valence-electron chi connectivity index (χ4n) is 4.13. The van der Waals surface area contributed by atoms with Gasteiger partial charge in [0.25, 0.3) is 5.91 Å². The van der Waals surface area contributed by atoms with Crippen LogP contribution in [0.25, 0.3) is 11.3 Å². The van der Waals surface area contributed by atoms with E-state index < -0.39 is 16.8 Å². The maximum Gasteiger partial charge on any atom is 0.256 e. The van der Waals surface area contributed by atoms with Crippen LogP contribution >= 0.6 is 0 Å². The van der Waals surface area contributed by atoms with E-state index in [1.165, 1.54) is 18.4 Å². The van der Waals surface area contributed by atoms with Crippen molar-refractivity contribution in [2.45, 2.75) is 20.3 Å². The number of anilines is 2. The van der Waals surface area contributed by atoms with Crippen LogP contribution in [0, 0.1) is 24.6 Å². The molecule has 38 heavy (non-hydrogen) atoms. The molecule has 9 nitrogen and oxygen atoms in total. The van der Waals surface area contributed by atoms with Crippen LogP contribution in [0.4, 0.5) is 16.0 Å². The Morgan fingerprint density at radius 3 is 2.58 bits per heavy atom. The normalized spacial score (nSPS) is 14.5. The molecule has 198 valence electrons. The Bertz CT molecular complexity index is 1460. The molecule has 2 aromatic heterocycles.